The zero-order chi connectivity index (χ0) is 14.4. The number of benzene rings is 1. The second-order valence-corrected chi connectivity index (χ2v) is 5.37. The Hall–Kier alpha value is -1.83. The highest BCUT2D eigenvalue weighted by Gasteiger charge is 2.02. The fourth-order valence-electron chi connectivity index (χ4n) is 1.57. The number of hydrogen-bond acceptors (Lipinski definition) is 4. The van der Waals surface area contributed by atoms with E-state index in [2.05, 4.69) is 44.5 Å². The van der Waals surface area contributed by atoms with Gasteiger partial charge >= 0.3 is 0 Å². The van der Waals surface area contributed by atoms with Crippen molar-refractivity contribution in [3.8, 4) is 0 Å². The van der Waals surface area contributed by atoms with Gasteiger partial charge in [0.25, 0.3) is 5.91 Å². The molecule has 2 aromatic rings. The van der Waals surface area contributed by atoms with Crippen LogP contribution in [0.2, 0.25) is 0 Å². The number of nitrogens with one attached hydrogen (secondary N) is 2. The quantitative estimate of drug-likeness (QED) is 0.474. The highest BCUT2D eigenvalue weighted by molar-refractivity contribution is 14.1. The van der Waals surface area contributed by atoms with Crippen LogP contribution in [0.5, 0.6) is 0 Å². The molecule has 6 heteroatoms. The van der Waals surface area contributed by atoms with Crippen molar-refractivity contribution in [2.45, 2.75) is 6.92 Å². The molecule has 1 aromatic carbocycles. The van der Waals surface area contributed by atoms with Crippen LogP contribution in [0, 0.1) is 10.5 Å². The van der Waals surface area contributed by atoms with Crippen LogP contribution in [0.1, 0.15) is 11.3 Å². The smallest absolute Gasteiger partial charge is 0.259 e. The second kappa shape index (κ2) is 7.09. The van der Waals surface area contributed by atoms with Crippen molar-refractivity contribution in [3.63, 3.8) is 0 Å². The van der Waals surface area contributed by atoms with E-state index in [1.54, 1.807) is 18.4 Å². The van der Waals surface area contributed by atoms with E-state index in [1.807, 2.05) is 19.1 Å². The Bertz CT molecular complexity index is 609. The summed E-state index contributed by atoms with van der Waals surface area (Å²) in [5.74, 6) is 0.373. The number of rotatable bonds is 5. The maximum atomic E-state index is 11.6. The van der Waals surface area contributed by atoms with Gasteiger partial charge < -0.3 is 9.73 Å². The number of hydrogen-bond donors (Lipinski definition) is 2. The van der Waals surface area contributed by atoms with Crippen molar-refractivity contribution in [1.29, 1.82) is 0 Å². The maximum absolute atomic E-state index is 11.6. The molecule has 2 rings (SSSR count). The number of furan rings is 1. The molecule has 1 aromatic heterocycles. The van der Waals surface area contributed by atoms with E-state index < -0.39 is 0 Å². The Morgan fingerprint density at radius 2 is 2.30 bits per heavy atom. The molecule has 0 spiro atoms. The van der Waals surface area contributed by atoms with E-state index >= 15 is 0 Å². The molecule has 0 unspecified atom stereocenters. The molecule has 0 saturated heterocycles. The molecule has 0 aliphatic rings. The van der Waals surface area contributed by atoms with Gasteiger partial charge in [-0.1, -0.05) is 0 Å². The summed E-state index contributed by atoms with van der Waals surface area (Å²) in [7, 11) is 0. The summed E-state index contributed by atoms with van der Waals surface area (Å²) in [6.07, 6.45) is 3.00. The Labute approximate surface area is 130 Å². The fraction of sp³-hybridized carbons (Fsp3) is 0.143. The van der Waals surface area contributed by atoms with Gasteiger partial charge in [0.1, 0.15) is 5.76 Å². The van der Waals surface area contributed by atoms with Gasteiger partial charge in [-0.15, -0.1) is 0 Å². The number of hydrazone groups is 1. The Balaban J connectivity index is 1.80. The lowest BCUT2D eigenvalue weighted by Gasteiger charge is -2.08. The van der Waals surface area contributed by atoms with Crippen LogP contribution in [0.25, 0.3) is 0 Å². The predicted octanol–water partition coefficient (Wildman–Crippen LogP) is 2.75. The van der Waals surface area contributed by atoms with Crippen molar-refractivity contribution < 1.29 is 9.21 Å². The van der Waals surface area contributed by atoms with Crippen LogP contribution >= 0.6 is 22.6 Å². The molecule has 0 radical (unpaired) electrons. The highest BCUT2D eigenvalue weighted by atomic mass is 127. The standard InChI is InChI=1S/C14H14IN3O2/c1-10-7-11(15)4-5-13(10)16-9-14(19)18-17-8-12-3-2-6-20-12/h2-8,16H,9H2,1H3,(H,18,19). The summed E-state index contributed by atoms with van der Waals surface area (Å²) in [6.45, 7) is 2.16. The van der Waals surface area contributed by atoms with Crippen molar-refractivity contribution >= 4 is 40.4 Å². The number of carbonyl (C=O) groups excluding carboxylic acids is 1. The highest BCUT2D eigenvalue weighted by Crippen LogP contribution is 2.17. The average molecular weight is 383 g/mol. The molecule has 0 bridgehead atoms. The van der Waals surface area contributed by atoms with Crippen molar-refractivity contribution in [2.24, 2.45) is 5.10 Å². The van der Waals surface area contributed by atoms with Gasteiger partial charge in [0.05, 0.1) is 19.0 Å². The third kappa shape index (κ3) is 4.37. The van der Waals surface area contributed by atoms with Crippen LogP contribution in [-0.2, 0) is 4.79 Å². The predicted molar refractivity (Wildman–Crippen MR) is 86.8 cm³/mol. The molecule has 2 N–H and O–H groups in total. The normalized spacial score (nSPS) is 10.7. The minimum atomic E-state index is -0.217. The largest absolute Gasteiger partial charge is 0.463 e. The second-order valence-electron chi connectivity index (χ2n) is 4.12. The number of carbonyl (C=O) groups is 1. The molecule has 0 fully saturated rings. The molecule has 104 valence electrons. The molecular weight excluding hydrogens is 369 g/mol. The third-order valence-electron chi connectivity index (χ3n) is 2.55. The van der Waals surface area contributed by atoms with Gasteiger partial charge in [-0.25, -0.2) is 5.43 Å². The van der Waals surface area contributed by atoms with Crippen LogP contribution in [0.3, 0.4) is 0 Å². The van der Waals surface area contributed by atoms with E-state index in [0.29, 0.717) is 5.76 Å². The Morgan fingerprint density at radius 3 is 3.00 bits per heavy atom. The van der Waals surface area contributed by atoms with Crippen molar-refractivity contribution in [3.05, 3.63) is 51.5 Å². The van der Waals surface area contributed by atoms with Crippen LogP contribution in [0.4, 0.5) is 5.69 Å². The zero-order valence-electron chi connectivity index (χ0n) is 10.9. The number of anilines is 1. The van der Waals surface area contributed by atoms with Crippen LogP contribution in [0.15, 0.2) is 46.1 Å². The van der Waals surface area contributed by atoms with Crippen molar-refractivity contribution in [1.82, 2.24) is 5.43 Å². The summed E-state index contributed by atoms with van der Waals surface area (Å²) in [4.78, 5) is 11.6. The summed E-state index contributed by atoms with van der Waals surface area (Å²) in [6, 6.07) is 9.50. The molecule has 1 heterocycles. The lowest BCUT2D eigenvalue weighted by molar-refractivity contribution is -0.119. The molecule has 5 nitrogen and oxygen atoms in total. The maximum Gasteiger partial charge on any atom is 0.259 e. The molecule has 20 heavy (non-hydrogen) atoms. The van der Waals surface area contributed by atoms with E-state index in [4.69, 9.17) is 4.42 Å². The molecule has 0 saturated carbocycles. The summed E-state index contributed by atoms with van der Waals surface area (Å²) >= 11 is 2.25. The summed E-state index contributed by atoms with van der Waals surface area (Å²) in [5, 5.41) is 6.87. The van der Waals surface area contributed by atoms with Gasteiger partial charge in [0.2, 0.25) is 0 Å². The lowest BCUT2D eigenvalue weighted by atomic mass is 10.2. The SMILES string of the molecule is Cc1cc(I)ccc1NCC(=O)NN=Cc1ccco1. The van der Waals surface area contributed by atoms with Crippen LogP contribution < -0.4 is 10.7 Å². The Kier molecular flexibility index (Phi) is 5.16. The average Bonchev–Trinajstić information content (AvgIpc) is 2.91. The lowest BCUT2D eigenvalue weighted by Crippen LogP contribution is -2.26. The summed E-state index contributed by atoms with van der Waals surface area (Å²) < 4.78 is 6.22. The monoisotopic (exact) mass is 383 g/mol. The molecule has 0 aliphatic carbocycles. The number of halogens is 1. The van der Waals surface area contributed by atoms with Gasteiger partial charge in [-0.2, -0.15) is 5.10 Å². The van der Waals surface area contributed by atoms with E-state index in [0.717, 1.165) is 14.8 Å². The number of amides is 1. The van der Waals surface area contributed by atoms with Crippen LogP contribution in [-0.4, -0.2) is 18.7 Å². The first-order chi connectivity index (χ1) is 9.65. The molecular formula is C14H14IN3O2. The summed E-state index contributed by atoms with van der Waals surface area (Å²) in [5.41, 5.74) is 4.47. The van der Waals surface area contributed by atoms with E-state index in [-0.39, 0.29) is 12.5 Å². The molecule has 0 atom stereocenters. The van der Waals surface area contributed by atoms with E-state index in [9.17, 15) is 4.79 Å². The van der Waals surface area contributed by atoms with Gasteiger partial charge in [-0.05, 0) is 65.4 Å². The minimum absolute atomic E-state index is 0.164. The van der Waals surface area contributed by atoms with Gasteiger partial charge in [0, 0.05) is 9.26 Å². The fourth-order valence-corrected chi connectivity index (χ4v) is 2.22. The van der Waals surface area contributed by atoms with E-state index in [1.165, 1.54) is 6.21 Å². The van der Waals surface area contributed by atoms with Gasteiger partial charge in [0.15, 0.2) is 0 Å². The zero-order valence-corrected chi connectivity index (χ0v) is 13.0. The van der Waals surface area contributed by atoms with Gasteiger partial charge in [-0.3, -0.25) is 4.79 Å². The minimum Gasteiger partial charge on any atom is -0.463 e. The number of nitrogens with zero attached hydrogens (tertiary/aromatic N) is 1. The molecule has 1 amide bonds. The Morgan fingerprint density at radius 1 is 1.45 bits per heavy atom. The third-order valence-corrected chi connectivity index (χ3v) is 3.22. The molecule has 0 aliphatic heterocycles. The first-order valence-corrected chi connectivity index (χ1v) is 7.08. The topological polar surface area (TPSA) is 66.6 Å². The first kappa shape index (κ1) is 14.6. The number of aryl methyl sites for hydroxylation is 1. The first-order valence-electron chi connectivity index (χ1n) is 6.00. The van der Waals surface area contributed by atoms with Crippen molar-refractivity contribution in [2.75, 3.05) is 11.9 Å².